The highest BCUT2D eigenvalue weighted by Crippen LogP contribution is 2.45. The molecule has 0 saturated heterocycles. The average Bonchev–Trinajstić information content (AvgIpc) is 3.47. The Morgan fingerprint density at radius 2 is 1.21 bits per heavy atom. The van der Waals surface area contributed by atoms with Gasteiger partial charge in [-0.3, -0.25) is 9.59 Å². The Kier molecular flexibility index (Phi) is 13.8. The molecule has 0 spiro atoms. The molecule has 0 unspecified atom stereocenters. The van der Waals surface area contributed by atoms with Gasteiger partial charge < -0.3 is 38.8 Å². The lowest BCUT2D eigenvalue weighted by Crippen LogP contribution is -2.36. The van der Waals surface area contributed by atoms with E-state index in [1.54, 1.807) is 7.11 Å². The van der Waals surface area contributed by atoms with Crippen molar-refractivity contribution in [2.45, 2.75) is 12.8 Å². The first kappa shape index (κ1) is 24.7. The van der Waals surface area contributed by atoms with Gasteiger partial charge in [-0.05, 0) is 12.8 Å². The van der Waals surface area contributed by atoms with Crippen LogP contribution in [0.25, 0.3) is 0 Å². The van der Waals surface area contributed by atoms with Crippen LogP contribution in [0, 0.1) is 5.41 Å². The lowest BCUT2D eigenvalue weighted by atomic mass is 10.1. The molecule has 10 nitrogen and oxygen atoms in total. The molecular formula is C18H33NO9. The van der Waals surface area contributed by atoms with E-state index in [0.29, 0.717) is 72.3 Å². The number of carbonyl (C=O) groups is 2. The summed E-state index contributed by atoms with van der Waals surface area (Å²) in [5, 5.41) is 11.6. The summed E-state index contributed by atoms with van der Waals surface area (Å²) in [5.41, 5.74) is -0.762. The summed E-state index contributed by atoms with van der Waals surface area (Å²) in [6.07, 6.45) is 1.21. The molecule has 1 aliphatic rings. The third-order valence-electron chi connectivity index (χ3n) is 4.08. The fraction of sp³-hybridized carbons (Fsp3) is 0.889. The van der Waals surface area contributed by atoms with Gasteiger partial charge in [-0.25, -0.2) is 0 Å². The first-order chi connectivity index (χ1) is 13.6. The van der Waals surface area contributed by atoms with Crippen molar-refractivity contribution in [3.05, 3.63) is 0 Å². The molecule has 1 rings (SSSR count). The number of aliphatic carboxylic acids is 1. The smallest absolute Gasteiger partial charge is 0.311 e. The second kappa shape index (κ2) is 15.6. The summed E-state index contributed by atoms with van der Waals surface area (Å²) in [5.74, 6) is -1.18. The Morgan fingerprint density at radius 3 is 1.61 bits per heavy atom. The van der Waals surface area contributed by atoms with E-state index < -0.39 is 11.4 Å². The number of rotatable bonds is 20. The molecule has 164 valence electrons. The molecule has 0 atom stereocenters. The highest BCUT2D eigenvalue weighted by molar-refractivity contribution is 5.81. The highest BCUT2D eigenvalue weighted by atomic mass is 16.6. The maximum Gasteiger partial charge on any atom is 0.311 e. The monoisotopic (exact) mass is 407 g/mol. The number of hydrogen-bond donors (Lipinski definition) is 2. The van der Waals surface area contributed by atoms with Gasteiger partial charge in [0.1, 0.15) is 6.61 Å². The van der Waals surface area contributed by atoms with E-state index in [0.717, 1.165) is 0 Å². The number of amides is 1. The van der Waals surface area contributed by atoms with Gasteiger partial charge in [-0.1, -0.05) is 0 Å². The molecule has 0 aromatic carbocycles. The number of carboxylic acids is 1. The predicted octanol–water partition coefficient (Wildman–Crippen LogP) is -0.303. The molecule has 0 heterocycles. The maximum absolute atomic E-state index is 11.6. The largest absolute Gasteiger partial charge is 0.481 e. The summed E-state index contributed by atoms with van der Waals surface area (Å²) < 4.78 is 31.3. The molecule has 0 bridgehead atoms. The minimum Gasteiger partial charge on any atom is -0.481 e. The Balaban J connectivity index is 1.75. The Morgan fingerprint density at radius 1 is 0.786 bits per heavy atom. The van der Waals surface area contributed by atoms with Crippen LogP contribution in [0.2, 0.25) is 0 Å². The van der Waals surface area contributed by atoms with Crippen LogP contribution in [-0.4, -0.2) is 103 Å². The normalized spacial score (nSPS) is 14.8. The standard InChI is InChI=1S/C18H33NO9/c1-23-4-5-24-6-7-25-8-9-26-10-11-27-12-13-28-14-16(20)19-15-18(2-3-18)17(21)22/h2-15H2,1H3,(H,19,20)(H,21,22). The summed E-state index contributed by atoms with van der Waals surface area (Å²) in [6, 6.07) is 0. The number of carboxylic acid groups (broad SMARTS) is 1. The van der Waals surface area contributed by atoms with E-state index >= 15 is 0 Å². The molecule has 1 saturated carbocycles. The number of methoxy groups -OCH3 is 1. The second-order valence-corrected chi connectivity index (χ2v) is 6.36. The van der Waals surface area contributed by atoms with Crippen molar-refractivity contribution in [2.75, 3.05) is 86.3 Å². The molecule has 0 aliphatic heterocycles. The zero-order chi connectivity index (χ0) is 20.5. The summed E-state index contributed by atoms with van der Waals surface area (Å²) in [6.45, 7) is 4.73. The zero-order valence-electron chi connectivity index (χ0n) is 16.6. The van der Waals surface area contributed by atoms with Gasteiger partial charge in [-0.15, -0.1) is 0 Å². The topological polar surface area (TPSA) is 122 Å². The summed E-state index contributed by atoms with van der Waals surface area (Å²) >= 11 is 0. The van der Waals surface area contributed by atoms with Gasteiger partial charge in [0.25, 0.3) is 0 Å². The fourth-order valence-corrected chi connectivity index (χ4v) is 2.12. The van der Waals surface area contributed by atoms with Gasteiger partial charge in [0.2, 0.25) is 5.91 Å². The van der Waals surface area contributed by atoms with E-state index in [1.165, 1.54) is 0 Å². The molecule has 1 amide bonds. The third kappa shape index (κ3) is 12.2. The Labute approximate surface area is 165 Å². The van der Waals surface area contributed by atoms with E-state index in [1.807, 2.05) is 0 Å². The van der Waals surface area contributed by atoms with E-state index in [2.05, 4.69) is 5.32 Å². The fourth-order valence-electron chi connectivity index (χ4n) is 2.12. The first-order valence-electron chi connectivity index (χ1n) is 9.48. The zero-order valence-corrected chi connectivity index (χ0v) is 16.6. The molecule has 10 heteroatoms. The summed E-state index contributed by atoms with van der Waals surface area (Å²) in [4.78, 5) is 22.6. The summed E-state index contributed by atoms with van der Waals surface area (Å²) in [7, 11) is 1.63. The van der Waals surface area contributed by atoms with Crippen molar-refractivity contribution in [3.63, 3.8) is 0 Å². The number of carbonyl (C=O) groups excluding carboxylic acids is 1. The molecule has 0 aromatic rings. The minimum atomic E-state index is -0.858. The first-order valence-corrected chi connectivity index (χ1v) is 9.48. The molecule has 1 aliphatic carbocycles. The van der Waals surface area contributed by atoms with Crippen molar-refractivity contribution in [1.82, 2.24) is 5.32 Å². The van der Waals surface area contributed by atoms with Crippen LogP contribution in [0.3, 0.4) is 0 Å². The molecule has 0 radical (unpaired) electrons. The van der Waals surface area contributed by atoms with Crippen molar-refractivity contribution < 1.29 is 43.1 Å². The average molecular weight is 407 g/mol. The van der Waals surface area contributed by atoms with Gasteiger partial charge >= 0.3 is 5.97 Å². The Bertz CT molecular complexity index is 429. The molecular weight excluding hydrogens is 374 g/mol. The molecule has 28 heavy (non-hydrogen) atoms. The number of nitrogens with one attached hydrogen (secondary N) is 1. The van der Waals surface area contributed by atoms with E-state index in [9.17, 15) is 9.59 Å². The lowest BCUT2D eigenvalue weighted by molar-refractivity contribution is -0.143. The van der Waals surface area contributed by atoms with Crippen LogP contribution >= 0.6 is 0 Å². The maximum atomic E-state index is 11.6. The Hall–Kier alpha value is -1.30. The number of hydrogen-bond acceptors (Lipinski definition) is 8. The van der Waals surface area contributed by atoms with Crippen LogP contribution in [0.5, 0.6) is 0 Å². The minimum absolute atomic E-state index is 0.109. The third-order valence-corrected chi connectivity index (χ3v) is 4.08. The highest BCUT2D eigenvalue weighted by Gasteiger charge is 2.50. The van der Waals surface area contributed by atoms with Crippen LogP contribution < -0.4 is 5.32 Å². The van der Waals surface area contributed by atoms with Gasteiger partial charge in [-0.2, -0.15) is 0 Å². The van der Waals surface area contributed by atoms with Crippen molar-refractivity contribution in [2.24, 2.45) is 5.41 Å². The quantitative estimate of drug-likeness (QED) is 0.262. The SMILES string of the molecule is COCCOCCOCCOCCOCCOCC(=O)NCC1(C(=O)O)CC1. The van der Waals surface area contributed by atoms with Crippen molar-refractivity contribution in [1.29, 1.82) is 0 Å². The number of ether oxygens (including phenoxy) is 6. The second-order valence-electron chi connectivity index (χ2n) is 6.36. The lowest BCUT2D eigenvalue weighted by Gasteiger charge is -2.11. The van der Waals surface area contributed by atoms with Crippen LogP contribution in [0.1, 0.15) is 12.8 Å². The van der Waals surface area contributed by atoms with Crippen molar-refractivity contribution in [3.8, 4) is 0 Å². The van der Waals surface area contributed by atoms with E-state index in [4.69, 9.17) is 33.5 Å². The van der Waals surface area contributed by atoms with Crippen molar-refractivity contribution >= 4 is 11.9 Å². The van der Waals surface area contributed by atoms with Crippen LogP contribution in [0.4, 0.5) is 0 Å². The van der Waals surface area contributed by atoms with Crippen LogP contribution in [0.15, 0.2) is 0 Å². The van der Waals surface area contributed by atoms with E-state index in [-0.39, 0.29) is 25.7 Å². The molecule has 0 aromatic heterocycles. The van der Waals surface area contributed by atoms with Gasteiger partial charge in [0.15, 0.2) is 0 Å². The van der Waals surface area contributed by atoms with Crippen LogP contribution in [-0.2, 0) is 38.0 Å². The molecule has 1 fully saturated rings. The predicted molar refractivity (Wildman–Crippen MR) is 98.3 cm³/mol. The van der Waals surface area contributed by atoms with Gasteiger partial charge in [0.05, 0.1) is 71.5 Å². The van der Waals surface area contributed by atoms with Gasteiger partial charge in [0, 0.05) is 13.7 Å². The molecule has 2 N–H and O–H groups in total.